The number of carbonyl (C=O) groups excluding carboxylic acids is 2. The number of hydrogen-bond donors (Lipinski definition) is 2. The molecule has 0 unspecified atom stereocenters. The predicted octanol–water partition coefficient (Wildman–Crippen LogP) is 3.78. The highest BCUT2D eigenvalue weighted by Crippen LogP contribution is 2.29. The summed E-state index contributed by atoms with van der Waals surface area (Å²) < 4.78 is 29.8. The van der Waals surface area contributed by atoms with Crippen LogP contribution in [0, 0.1) is 0 Å². The van der Waals surface area contributed by atoms with Crippen LogP contribution >= 0.6 is 0 Å². The Bertz CT molecular complexity index is 1220. The number of anilines is 2. The van der Waals surface area contributed by atoms with Gasteiger partial charge in [-0.25, -0.2) is 8.42 Å². The molecule has 0 spiro atoms. The normalized spacial score (nSPS) is 11.1. The number of aromatic nitrogens is 1. The SMILES string of the molecule is COc1cc(NC(=O)c2ccc(S(=O)(=O)C(C)C)cc2)ccc1NC(=O)c1cccnc1. The first-order valence-electron chi connectivity index (χ1n) is 9.77. The van der Waals surface area contributed by atoms with E-state index < -0.39 is 21.0 Å². The van der Waals surface area contributed by atoms with Crippen molar-refractivity contribution in [2.24, 2.45) is 0 Å². The smallest absolute Gasteiger partial charge is 0.257 e. The summed E-state index contributed by atoms with van der Waals surface area (Å²) in [5.41, 5.74) is 1.59. The number of carbonyl (C=O) groups is 2. The quantitative estimate of drug-likeness (QED) is 0.563. The van der Waals surface area contributed by atoms with Gasteiger partial charge in [0.15, 0.2) is 9.84 Å². The van der Waals surface area contributed by atoms with Gasteiger partial charge in [0.05, 0.1) is 28.5 Å². The third-order valence-electron chi connectivity index (χ3n) is 4.70. The van der Waals surface area contributed by atoms with E-state index in [1.165, 1.54) is 37.6 Å². The Balaban J connectivity index is 1.74. The van der Waals surface area contributed by atoms with Gasteiger partial charge in [0.25, 0.3) is 11.8 Å². The van der Waals surface area contributed by atoms with E-state index >= 15 is 0 Å². The van der Waals surface area contributed by atoms with Crippen molar-refractivity contribution in [3.63, 3.8) is 0 Å². The number of rotatable bonds is 7. The second kappa shape index (κ2) is 9.61. The van der Waals surface area contributed by atoms with E-state index in [0.29, 0.717) is 28.3 Å². The van der Waals surface area contributed by atoms with Gasteiger partial charge in [0.2, 0.25) is 0 Å². The van der Waals surface area contributed by atoms with E-state index in [1.807, 2.05) is 0 Å². The van der Waals surface area contributed by atoms with E-state index in [-0.39, 0.29) is 10.8 Å². The molecule has 0 saturated heterocycles. The van der Waals surface area contributed by atoms with Crippen molar-refractivity contribution in [1.29, 1.82) is 0 Å². The fourth-order valence-corrected chi connectivity index (χ4v) is 3.89. The second-order valence-corrected chi connectivity index (χ2v) is 9.69. The first kappa shape index (κ1) is 23.0. The van der Waals surface area contributed by atoms with E-state index in [1.54, 1.807) is 50.4 Å². The molecule has 32 heavy (non-hydrogen) atoms. The highest BCUT2D eigenvalue weighted by atomic mass is 32.2. The molecule has 3 rings (SSSR count). The van der Waals surface area contributed by atoms with Crippen molar-refractivity contribution in [1.82, 2.24) is 4.98 Å². The molecule has 0 saturated carbocycles. The van der Waals surface area contributed by atoms with Gasteiger partial charge in [0.1, 0.15) is 5.75 Å². The van der Waals surface area contributed by atoms with Crippen LogP contribution in [0.25, 0.3) is 0 Å². The standard InChI is InChI=1S/C23H23N3O5S/c1-15(2)32(29,30)19-9-6-16(7-10-19)22(27)25-18-8-11-20(21(13-18)31-3)26-23(28)17-5-4-12-24-14-17/h4-15H,1-3H3,(H,25,27)(H,26,28). The molecule has 0 bridgehead atoms. The van der Waals surface area contributed by atoms with Crippen molar-refractivity contribution in [3.05, 3.63) is 78.1 Å². The lowest BCUT2D eigenvalue weighted by Crippen LogP contribution is -2.16. The number of pyridine rings is 1. The molecule has 0 radical (unpaired) electrons. The maximum Gasteiger partial charge on any atom is 0.257 e. The van der Waals surface area contributed by atoms with Crippen LogP contribution in [-0.4, -0.2) is 37.6 Å². The van der Waals surface area contributed by atoms with Gasteiger partial charge < -0.3 is 15.4 Å². The van der Waals surface area contributed by atoms with Crippen molar-refractivity contribution < 1.29 is 22.7 Å². The van der Waals surface area contributed by atoms with Gasteiger partial charge in [-0.3, -0.25) is 14.6 Å². The summed E-state index contributed by atoms with van der Waals surface area (Å²) in [5.74, 6) is -0.393. The molecule has 8 nitrogen and oxygen atoms in total. The van der Waals surface area contributed by atoms with Gasteiger partial charge in [0, 0.05) is 29.7 Å². The lowest BCUT2D eigenvalue weighted by Gasteiger charge is -2.13. The molecule has 0 aliphatic carbocycles. The lowest BCUT2D eigenvalue weighted by atomic mass is 10.2. The summed E-state index contributed by atoms with van der Waals surface area (Å²) in [6.07, 6.45) is 3.03. The molecule has 3 aromatic rings. The molecule has 0 atom stereocenters. The molecule has 0 aliphatic heterocycles. The predicted molar refractivity (Wildman–Crippen MR) is 122 cm³/mol. The first-order valence-corrected chi connectivity index (χ1v) is 11.3. The number of hydrogen-bond acceptors (Lipinski definition) is 6. The minimum Gasteiger partial charge on any atom is -0.494 e. The Hall–Kier alpha value is -3.72. The van der Waals surface area contributed by atoms with Crippen LogP contribution < -0.4 is 15.4 Å². The van der Waals surface area contributed by atoms with Crippen LogP contribution in [0.5, 0.6) is 5.75 Å². The summed E-state index contributed by atoms with van der Waals surface area (Å²) in [6.45, 7) is 3.21. The minimum atomic E-state index is -3.41. The molecular weight excluding hydrogens is 430 g/mol. The number of sulfone groups is 1. The van der Waals surface area contributed by atoms with Crippen LogP contribution in [0.4, 0.5) is 11.4 Å². The molecule has 2 amide bonds. The zero-order chi connectivity index (χ0) is 23.3. The highest BCUT2D eigenvalue weighted by Gasteiger charge is 2.19. The monoisotopic (exact) mass is 453 g/mol. The summed E-state index contributed by atoms with van der Waals surface area (Å²) in [4.78, 5) is 29.0. The molecule has 166 valence electrons. The molecule has 9 heteroatoms. The lowest BCUT2D eigenvalue weighted by molar-refractivity contribution is 0.101. The van der Waals surface area contributed by atoms with Gasteiger partial charge >= 0.3 is 0 Å². The number of methoxy groups -OCH3 is 1. The summed E-state index contributed by atoms with van der Waals surface area (Å²) in [7, 11) is -1.96. The number of ether oxygens (including phenoxy) is 1. The Labute approximate surface area is 186 Å². The summed E-state index contributed by atoms with van der Waals surface area (Å²) in [5, 5.41) is 4.93. The van der Waals surface area contributed by atoms with Crippen LogP contribution in [0.2, 0.25) is 0 Å². The van der Waals surface area contributed by atoms with Crippen LogP contribution in [0.15, 0.2) is 71.9 Å². The number of amides is 2. The Morgan fingerprint density at radius 1 is 0.938 bits per heavy atom. The summed E-state index contributed by atoms with van der Waals surface area (Å²) in [6, 6.07) is 13.9. The first-order chi connectivity index (χ1) is 15.2. The van der Waals surface area contributed by atoms with Crippen molar-refractivity contribution in [3.8, 4) is 5.75 Å². The Morgan fingerprint density at radius 3 is 2.22 bits per heavy atom. The van der Waals surface area contributed by atoms with Crippen LogP contribution in [0.1, 0.15) is 34.6 Å². The third kappa shape index (κ3) is 5.12. The highest BCUT2D eigenvalue weighted by molar-refractivity contribution is 7.92. The molecule has 0 aliphatic rings. The number of benzene rings is 2. The second-order valence-electron chi connectivity index (χ2n) is 7.18. The average Bonchev–Trinajstić information content (AvgIpc) is 2.80. The van der Waals surface area contributed by atoms with Crippen molar-refractivity contribution in [2.75, 3.05) is 17.7 Å². The van der Waals surface area contributed by atoms with Gasteiger partial charge in [-0.15, -0.1) is 0 Å². The maximum atomic E-state index is 12.6. The number of nitrogens with one attached hydrogen (secondary N) is 2. The Morgan fingerprint density at radius 2 is 1.62 bits per heavy atom. The van der Waals surface area contributed by atoms with Gasteiger partial charge in [-0.05, 0) is 62.4 Å². The van der Waals surface area contributed by atoms with E-state index in [4.69, 9.17) is 4.74 Å². The largest absolute Gasteiger partial charge is 0.494 e. The van der Waals surface area contributed by atoms with E-state index in [9.17, 15) is 18.0 Å². The Kier molecular flexibility index (Phi) is 6.89. The molecule has 2 aromatic carbocycles. The van der Waals surface area contributed by atoms with Gasteiger partial charge in [-0.1, -0.05) is 0 Å². The van der Waals surface area contributed by atoms with Crippen LogP contribution in [-0.2, 0) is 9.84 Å². The maximum absolute atomic E-state index is 12.6. The third-order valence-corrected chi connectivity index (χ3v) is 6.87. The zero-order valence-corrected chi connectivity index (χ0v) is 18.6. The molecule has 1 heterocycles. The van der Waals surface area contributed by atoms with E-state index in [2.05, 4.69) is 15.6 Å². The van der Waals surface area contributed by atoms with Crippen molar-refractivity contribution >= 4 is 33.0 Å². The van der Waals surface area contributed by atoms with Crippen molar-refractivity contribution in [2.45, 2.75) is 24.0 Å². The van der Waals surface area contributed by atoms with E-state index in [0.717, 1.165) is 0 Å². The molecule has 1 aromatic heterocycles. The number of nitrogens with zero attached hydrogens (tertiary/aromatic N) is 1. The van der Waals surface area contributed by atoms with Crippen LogP contribution in [0.3, 0.4) is 0 Å². The summed E-state index contributed by atoms with van der Waals surface area (Å²) >= 11 is 0. The fraction of sp³-hybridized carbons (Fsp3) is 0.174. The molecular formula is C23H23N3O5S. The topological polar surface area (TPSA) is 114 Å². The molecule has 0 fully saturated rings. The van der Waals surface area contributed by atoms with Gasteiger partial charge in [-0.2, -0.15) is 0 Å². The molecule has 2 N–H and O–H groups in total. The fourth-order valence-electron chi connectivity index (χ4n) is 2.84. The minimum absolute atomic E-state index is 0.166. The zero-order valence-electron chi connectivity index (χ0n) is 17.8. The average molecular weight is 454 g/mol.